The van der Waals surface area contributed by atoms with Gasteiger partial charge in [0.2, 0.25) is 0 Å². The highest BCUT2D eigenvalue weighted by atomic mass is 19.3. The summed E-state index contributed by atoms with van der Waals surface area (Å²) >= 11 is 0. The number of carbonyl (C=O) groups is 2. The van der Waals surface area contributed by atoms with Gasteiger partial charge in [0.25, 0.3) is 5.91 Å². The van der Waals surface area contributed by atoms with Crippen molar-refractivity contribution in [1.82, 2.24) is 5.32 Å². The van der Waals surface area contributed by atoms with E-state index in [0.29, 0.717) is 0 Å². The first-order valence-corrected chi connectivity index (χ1v) is 8.51. The summed E-state index contributed by atoms with van der Waals surface area (Å²) in [5, 5.41) is 11.4. The first-order chi connectivity index (χ1) is 12.9. The van der Waals surface area contributed by atoms with E-state index in [1.54, 1.807) is 37.3 Å². The lowest BCUT2D eigenvalue weighted by Crippen LogP contribution is -2.42. The maximum Gasteiger partial charge on any atom is 0.353 e. The molecule has 0 fully saturated rings. The number of rotatable bonds is 9. The molecule has 0 saturated heterocycles. The summed E-state index contributed by atoms with van der Waals surface area (Å²) in [6.45, 7) is 1.42. The van der Waals surface area contributed by atoms with Crippen molar-refractivity contribution >= 4 is 11.9 Å². The van der Waals surface area contributed by atoms with E-state index in [9.17, 15) is 23.5 Å². The molecule has 0 aliphatic carbocycles. The van der Waals surface area contributed by atoms with Gasteiger partial charge in [-0.15, -0.1) is 0 Å². The van der Waals surface area contributed by atoms with Crippen molar-refractivity contribution in [2.24, 2.45) is 5.92 Å². The van der Waals surface area contributed by atoms with Crippen molar-refractivity contribution in [2.45, 2.75) is 19.3 Å². The summed E-state index contributed by atoms with van der Waals surface area (Å²) in [7, 11) is 0. The zero-order valence-electron chi connectivity index (χ0n) is 14.8. The van der Waals surface area contributed by atoms with Crippen LogP contribution in [-0.4, -0.2) is 30.1 Å². The average Bonchev–Trinajstić information content (AvgIpc) is 2.66. The fraction of sp³-hybridized carbons (Fsp3) is 0.300. The molecule has 2 rings (SSSR count). The van der Waals surface area contributed by atoms with E-state index in [-0.39, 0.29) is 18.8 Å². The number of halogens is 2. The summed E-state index contributed by atoms with van der Waals surface area (Å²) in [5.74, 6) is -7.68. The zero-order chi connectivity index (χ0) is 19.9. The number of aliphatic carboxylic acids is 1. The normalized spacial score (nSPS) is 12.3. The topological polar surface area (TPSA) is 75.6 Å². The first kappa shape index (κ1) is 20.4. The first-order valence-electron chi connectivity index (χ1n) is 8.51. The van der Waals surface area contributed by atoms with Gasteiger partial charge in [-0.3, -0.25) is 9.59 Å². The number of ether oxygens (including phenoxy) is 1. The molecule has 0 spiro atoms. The Balaban J connectivity index is 2.09. The molecular weight excluding hydrogens is 356 g/mol. The maximum atomic E-state index is 14.6. The number of hydrogen-bond donors (Lipinski definition) is 2. The molecule has 0 radical (unpaired) electrons. The minimum Gasteiger partial charge on any atom is -0.493 e. The molecule has 5 nitrogen and oxygen atoms in total. The van der Waals surface area contributed by atoms with Gasteiger partial charge in [-0.05, 0) is 31.0 Å². The minimum atomic E-state index is -3.85. The van der Waals surface area contributed by atoms with Crippen LogP contribution in [0.4, 0.5) is 8.78 Å². The van der Waals surface area contributed by atoms with Gasteiger partial charge in [0.05, 0.1) is 18.1 Å². The fourth-order valence-electron chi connectivity index (χ4n) is 2.60. The lowest BCUT2D eigenvalue weighted by molar-refractivity contribution is -0.148. The second kappa shape index (κ2) is 9.12. The maximum absolute atomic E-state index is 14.6. The number of benzene rings is 2. The van der Waals surface area contributed by atoms with E-state index in [1.807, 2.05) is 0 Å². The van der Waals surface area contributed by atoms with Crippen molar-refractivity contribution < 1.29 is 28.2 Å². The number of para-hydroxylation sites is 1. The van der Waals surface area contributed by atoms with E-state index in [1.165, 1.54) is 18.2 Å². The van der Waals surface area contributed by atoms with Gasteiger partial charge in [0, 0.05) is 6.54 Å². The van der Waals surface area contributed by atoms with Gasteiger partial charge in [-0.2, -0.15) is 8.78 Å². The molecule has 1 atom stereocenters. The smallest absolute Gasteiger partial charge is 0.353 e. The standard InChI is InChI=1S/C20H21F2NO4/c1-2-27-17-11-7-6-10-16(17)20(21,22)19(26)23-13-15(18(24)25)12-14-8-4-3-5-9-14/h3-11,15H,2,12-13H2,1H3,(H,23,26)(H,24,25). The van der Waals surface area contributed by atoms with Crippen LogP contribution in [0.1, 0.15) is 18.1 Å². The Labute approximate surface area is 156 Å². The molecule has 0 bridgehead atoms. The molecule has 0 aliphatic rings. The van der Waals surface area contributed by atoms with Crippen molar-refractivity contribution in [3.63, 3.8) is 0 Å². The van der Waals surface area contributed by atoms with E-state index in [4.69, 9.17) is 4.74 Å². The molecule has 1 amide bonds. The Morgan fingerprint density at radius 2 is 1.74 bits per heavy atom. The van der Waals surface area contributed by atoms with Crippen LogP contribution in [0.15, 0.2) is 54.6 Å². The molecule has 2 N–H and O–H groups in total. The average molecular weight is 377 g/mol. The molecule has 2 aromatic carbocycles. The van der Waals surface area contributed by atoms with E-state index >= 15 is 0 Å². The van der Waals surface area contributed by atoms with E-state index in [0.717, 1.165) is 11.6 Å². The SMILES string of the molecule is CCOc1ccccc1C(F)(F)C(=O)NCC(Cc1ccccc1)C(=O)O. The third kappa shape index (κ3) is 5.26. The van der Waals surface area contributed by atoms with Gasteiger partial charge in [0.1, 0.15) is 5.75 Å². The number of hydrogen-bond acceptors (Lipinski definition) is 3. The van der Waals surface area contributed by atoms with Crippen LogP contribution in [-0.2, 0) is 21.9 Å². The van der Waals surface area contributed by atoms with Gasteiger partial charge in [-0.25, -0.2) is 0 Å². The van der Waals surface area contributed by atoms with Gasteiger partial charge >= 0.3 is 11.9 Å². The molecule has 0 heterocycles. The van der Waals surface area contributed by atoms with Crippen LogP contribution >= 0.6 is 0 Å². The summed E-state index contributed by atoms with van der Waals surface area (Å²) in [6.07, 6.45) is 0.123. The van der Waals surface area contributed by atoms with Crippen LogP contribution in [0.25, 0.3) is 0 Å². The van der Waals surface area contributed by atoms with Crippen LogP contribution in [0.2, 0.25) is 0 Å². The number of amides is 1. The highest BCUT2D eigenvalue weighted by Crippen LogP contribution is 2.35. The Morgan fingerprint density at radius 1 is 1.11 bits per heavy atom. The second-order valence-electron chi connectivity index (χ2n) is 5.94. The number of carboxylic acids is 1. The molecular formula is C20H21F2NO4. The number of alkyl halides is 2. The van der Waals surface area contributed by atoms with Crippen molar-refractivity contribution in [2.75, 3.05) is 13.2 Å². The lowest BCUT2D eigenvalue weighted by Gasteiger charge is -2.20. The Morgan fingerprint density at radius 3 is 2.37 bits per heavy atom. The summed E-state index contributed by atoms with van der Waals surface area (Å²) in [6, 6.07) is 14.2. The number of carbonyl (C=O) groups excluding carboxylic acids is 1. The van der Waals surface area contributed by atoms with Crippen LogP contribution in [0.3, 0.4) is 0 Å². The lowest BCUT2D eigenvalue weighted by atomic mass is 9.99. The molecule has 7 heteroatoms. The number of nitrogens with one attached hydrogen (secondary N) is 1. The van der Waals surface area contributed by atoms with Crippen LogP contribution < -0.4 is 10.1 Å². The van der Waals surface area contributed by atoms with Crippen molar-refractivity contribution in [3.05, 3.63) is 65.7 Å². The third-order valence-electron chi connectivity index (χ3n) is 3.99. The predicted molar refractivity (Wildman–Crippen MR) is 95.8 cm³/mol. The van der Waals surface area contributed by atoms with Gasteiger partial charge in [0.15, 0.2) is 0 Å². The summed E-state index contributed by atoms with van der Waals surface area (Å²) in [5.41, 5.74) is 0.187. The number of carboxylic acid groups (broad SMARTS) is 1. The van der Waals surface area contributed by atoms with Crippen molar-refractivity contribution in [3.8, 4) is 5.75 Å². The van der Waals surface area contributed by atoms with E-state index in [2.05, 4.69) is 5.32 Å². The third-order valence-corrected chi connectivity index (χ3v) is 3.99. The van der Waals surface area contributed by atoms with Gasteiger partial charge < -0.3 is 15.2 Å². The molecule has 27 heavy (non-hydrogen) atoms. The van der Waals surface area contributed by atoms with Crippen molar-refractivity contribution in [1.29, 1.82) is 0 Å². The minimum absolute atomic E-state index is 0.0841. The van der Waals surface area contributed by atoms with Crippen LogP contribution in [0, 0.1) is 5.92 Å². The monoisotopic (exact) mass is 377 g/mol. The molecule has 0 aliphatic heterocycles. The second-order valence-corrected chi connectivity index (χ2v) is 5.94. The highest BCUT2D eigenvalue weighted by Gasteiger charge is 2.43. The molecule has 1 unspecified atom stereocenters. The summed E-state index contributed by atoms with van der Waals surface area (Å²) in [4.78, 5) is 23.5. The molecule has 2 aromatic rings. The van der Waals surface area contributed by atoms with Gasteiger partial charge in [-0.1, -0.05) is 42.5 Å². The highest BCUT2D eigenvalue weighted by molar-refractivity contribution is 5.86. The Bertz CT molecular complexity index is 781. The quantitative estimate of drug-likeness (QED) is 0.704. The molecule has 144 valence electrons. The fourth-order valence-corrected chi connectivity index (χ4v) is 2.60. The predicted octanol–water partition coefficient (Wildman–Crippen LogP) is 3.24. The Hall–Kier alpha value is -2.96. The largest absolute Gasteiger partial charge is 0.493 e. The molecule has 0 aromatic heterocycles. The van der Waals surface area contributed by atoms with Crippen LogP contribution in [0.5, 0.6) is 5.75 Å². The van der Waals surface area contributed by atoms with E-state index < -0.39 is 35.8 Å². The summed E-state index contributed by atoms with van der Waals surface area (Å²) < 4.78 is 34.3. The molecule has 0 saturated carbocycles. The Kier molecular flexibility index (Phi) is 6.87. The zero-order valence-corrected chi connectivity index (χ0v) is 14.8.